The van der Waals surface area contributed by atoms with Crippen molar-refractivity contribution in [1.29, 1.82) is 5.26 Å². The summed E-state index contributed by atoms with van der Waals surface area (Å²) < 4.78 is 0. The summed E-state index contributed by atoms with van der Waals surface area (Å²) in [6.45, 7) is 0. The van der Waals surface area contributed by atoms with E-state index in [2.05, 4.69) is 4.98 Å². The average molecular weight is 191 g/mol. The van der Waals surface area contributed by atoms with Gasteiger partial charge in [0.25, 0.3) is 0 Å². The summed E-state index contributed by atoms with van der Waals surface area (Å²) in [6.07, 6.45) is 0.996. The van der Waals surface area contributed by atoms with Gasteiger partial charge in [0.15, 0.2) is 0 Å². The van der Waals surface area contributed by atoms with Gasteiger partial charge in [-0.05, 0) is 6.07 Å². The second-order valence-corrected chi connectivity index (χ2v) is 3.19. The van der Waals surface area contributed by atoms with Gasteiger partial charge in [-0.2, -0.15) is 5.26 Å². The van der Waals surface area contributed by atoms with Crippen LogP contribution in [0.1, 0.15) is 18.1 Å². The van der Waals surface area contributed by atoms with Crippen molar-refractivity contribution < 1.29 is 5.11 Å². The Balaban J connectivity index is 3.01. The van der Waals surface area contributed by atoms with Crippen LogP contribution in [0, 0.1) is 11.3 Å². The molecule has 74 valence electrons. The van der Waals surface area contributed by atoms with Gasteiger partial charge in [-0.25, -0.2) is 4.98 Å². The molecule has 14 heavy (non-hydrogen) atoms. The molecule has 0 saturated carbocycles. The van der Waals surface area contributed by atoms with E-state index in [1.807, 2.05) is 25.1 Å². The molecule has 1 atom stereocenters. The lowest BCUT2D eigenvalue weighted by molar-refractivity contribution is 0.183. The fraction of sp³-hybridized carbons (Fsp3) is 0.400. The van der Waals surface area contributed by atoms with Crippen LogP contribution < -0.4 is 4.90 Å². The number of anilines is 1. The average Bonchev–Trinajstić information content (AvgIpc) is 2.18. The summed E-state index contributed by atoms with van der Waals surface area (Å²) >= 11 is 0. The highest BCUT2D eigenvalue weighted by atomic mass is 16.3. The Morgan fingerprint density at radius 1 is 1.64 bits per heavy atom. The molecule has 1 aromatic heterocycles. The van der Waals surface area contributed by atoms with Crippen molar-refractivity contribution in [3.8, 4) is 6.07 Å². The number of hydrogen-bond acceptors (Lipinski definition) is 4. The van der Waals surface area contributed by atoms with Crippen LogP contribution in [-0.2, 0) is 0 Å². The number of rotatable bonds is 3. The maximum Gasteiger partial charge on any atom is 0.133 e. The van der Waals surface area contributed by atoms with E-state index in [0.717, 1.165) is 0 Å². The normalized spacial score (nSPS) is 11.9. The molecule has 0 aromatic carbocycles. The molecule has 1 unspecified atom stereocenters. The van der Waals surface area contributed by atoms with E-state index in [9.17, 15) is 5.11 Å². The van der Waals surface area contributed by atoms with Crippen LogP contribution in [0.15, 0.2) is 18.3 Å². The highest BCUT2D eigenvalue weighted by molar-refractivity contribution is 5.46. The van der Waals surface area contributed by atoms with Crippen LogP contribution >= 0.6 is 0 Å². The number of pyridine rings is 1. The highest BCUT2D eigenvalue weighted by Crippen LogP contribution is 2.24. The fourth-order valence-electron chi connectivity index (χ4n) is 1.24. The molecule has 4 nitrogen and oxygen atoms in total. The highest BCUT2D eigenvalue weighted by Gasteiger charge is 2.13. The smallest absolute Gasteiger partial charge is 0.133 e. The molecule has 1 N–H and O–H groups in total. The maximum atomic E-state index is 9.66. The van der Waals surface area contributed by atoms with Crippen LogP contribution in [0.4, 0.5) is 5.82 Å². The van der Waals surface area contributed by atoms with Gasteiger partial charge < -0.3 is 10.0 Å². The van der Waals surface area contributed by atoms with Gasteiger partial charge in [0.05, 0.1) is 18.6 Å². The fourth-order valence-corrected chi connectivity index (χ4v) is 1.24. The Hall–Kier alpha value is -1.60. The first-order valence-corrected chi connectivity index (χ1v) is 4.34. The number of aromatic nitrogens is 1. The summed E-state index contributed by atoms with van der Waals surface area (Å²) in [5.74, 6) is 0.704. The second-order valence-electron chi connectivity index (χ2n) is 3.19. The van der Waals surface area contributed by atoms with Gasteiger partial charge in [-0.3, -0.25) is 0 Å². The van der Waals surface area contributed by atoms with Gasteiger partial charge in [0, 0.05) is 25.9 Å². The molecule has 4 heteroatoms. The van der Waals surface area contributed by atoms with Gasteiger partial charge >= 0.3 is 0 Å². The molecule has 0 bridgehead atoms. The molecule has 0 radical (unpaired) electrons. The van der Waals surface area contributed by atoms with E-state index in [0.29, 0.717) is 11.4 Å². The van der Waals surface area contributed by atoms with Crippen molar-refractivity contribution in [1.82, 2.24) is 4.98 Å². The van der Waals surface area contributed by atoms with Gasteiger partial charge in [-0.15, -0.1) is 0 Å². The van der Waals surface area contributed by atoms with Crippen molar-refractivity contribution >= 4 is 5.82 Å². The Kier molecular flexibility index (Phi) is 3.43. The Morgan fingerprint density at radius 2 is 2.36 bits per heavy atom. The number of nitrogens with zero attached hydrogens (tertiary/aromatic N) is 3. The van der Waals surface area contributed by atoms with Crippen LogP contribution in [0.2, 0.25) is 0 Å². The molecule has 0 spiro atoms. The third kappa shape index (κ3) is 2.21. The third-order valence-electron chi connectivity index (χ3n) is 1.88. The van der Waals surface area contributed by atoms with Gasteiger partial charge in [0.2, 0.25) is 0 Å². The SMILES string of the molecule is CN(C)c1ncccc1C(O)CC#N. The van der Waals surface area contributed by atoms with E-state index >= 15 is 0 Å². The Bertz CT molecular complexity index is 343. The van der Waals surface area contributed by atoms with Crippen LogP contribution in [0.5, 0.6) is 0 Å². The van der Waals surface area contributed by atoms with Crippen molar-refractivity contribution in [2.75, 3.05) is 19.0 Å². The molecule has 0 aliphatic carbocycles. The molecule has 0 fully saturated rings. The summed E-state index contributed by atoms with van der Waals surface area (Å²) in [4.78, 5) is 5.95. The lowest BCUT2D eigenvalue weighted by Gasteiger charge is -2.17. The number of nitriles is 1. The molecule has 0 amide bonds. The van der Waals surface area contributed by atoms with Crippen molar-refractivity contribution in [3.05, 3.63) is 23.9 Å². The predicted molar refractivity (Wildman–Crippen MR) is 53.8 cm³/mol. The zero-order valence-corrected chi connectivity index (χ0v) is 8.31. The maximum absolute atomic E-state index is 9.66. The number of aliphatic hydroxyl groups is 1. The van der Waals surface area contributed by atoms with E-state index < -0.39 is 6.10 Å². The molecule has 1 rings (SSSR count). The Morgan fingerprint density at radius 3 is 2.93 bits per heavy atom. The largest absolute Gasteiger partial charge is 0.387 e. The molecule has 0 aliphatic heterocycles. The van der Waals surface area contributed by atoms with Crippen LogP contribution in [0.3, 0.4) is 0 Å². The first-order valence-electron chi connectivity index (χ1n) is 4.34. The number of aliphatic hydroxyl groups excluding tert-OH is 1. The molecule has 1 aromatic rings. The van der Waals surface area contributed by atoms with E-state index in [1.54, 1.807) is 18.3 Å². The van der Waals surface area contributed by atoms with Crippen LogP contribution in [-0.4, -0.2) is 24.2 Å². The predicted octanol–water partition coefficient (Wildman–Crippen LogP) is 1.09. The minimum absolute atomic E-state index is 0.0898. The second kappa shape index (κ2) is 4.58. The quantitative estimate of drug-likeness (QED) is 0.777. The monoisotopic (exact) mass is 191 g/mol. The molecule has 0 aliphatic rings. The summed E-state index contributed by atoms with van der Waals surface area (Å²) in [5, 5.41) is 18.1. The van der Waals surface area contributed by atoms with E-state index in [4.69, 9.17) is 5.26 Å². The molecular weight excluding hydrogens is 178 g/mol. The topological polar surface area (TPSA) is 60.1 Å². The van der Waals surface area contributed by atoms with Crippen molar-refractivity contribution in [2.45, 2.75) is 12.5 Å². The molecule has 1 heterocycles. The summed E-state index contributed by atoms with van der Waals surface area (Å²) in [5.41, 5.74) is 0.694. The minimum atomic E-state index is -0.758. The lowest BCUT2D eigenvalue weighted by Crippen LogP contribution is -2.14. The standard InChI is InChI=1S/C10H13N3O/c1-13(2)10-8(4-3-7-12-10)9(14)5-6-11/h3-4,7,9,14H,5H2,1-2H3. The van der Waals surface area contributed by atoms with Gasteiger partial charge in [-0.1, -0.05) is 6.07 Å². The first-order chi connectivity index (χ1) is 6.66. The third-order valence-corrected chi connectivity index (χ3v) is 1.88. The van der Waals surface area contributed by atoms with Crippen molar-refractivity contribution in [2.24, 2.45) is 0 Å². The van der Waals surface area contributed by atoms with Crippen LogP contribution in [0.25, 0.3) is 0 Å². The van der Waals surface area contributed by atoms with Gasteiger partial charge in [0.1, 0.15) is 5.82 Å². The first kappa shape index (κ1) is 10.5. The van der Waals surface area contributed by atoms with E-state index in [-0.39, 0.29) is 6.42 Å². The van der Waals surface area contributed by atoms with Crippen molar-refractivity contribution in [3.63, 3.8) is 0 Å². The van der Waals surface area contributed by atoms with E-state index in [1.165, 1.54) is 0 Å². The Labute approximate surface area is 83.4 Å². The number of hydrogen-bond donors (Lipinski definition) is 1. The lowest BCUT2D eigenvalue weighted by atomic mass is 10.1. The minimum Gasteiger partial charge on any atom is -0.387 e. The molecule has 0 saturated heterocycles. The zero-order valence-electron chi connectivity index (χ0n) is 8.31. The molecular formula is C10H13N3O. The summed E-state index contributed by atoms with van der Waals surface area (Å²) in [7, 11) is 3.70. The zero-order chi connectivity index (χ0) is 10.6. The summed E-state index contributed by atoms with van der Waals surface area (Å²) in [6, 6.07) is 5.47.